The third kappa shape index (κ3) is 3.36. The van der Waals surface area contributed by atoms with Crippen molar-refractivity contribution in [2.24, 2.45) is 5.92 Å². The molecule has 2 N–H and O–H groups in total. The monoisotopic (exact) mass is 276 g/mol. The van der Waals surface area contributed by atoms with Gasteiger partial charge in [0.1, 0.15) is 5.82 Å². The van der Waals surface area contributed by atoms with Gasteiger partial charge in [0.15, 0.2) is 0 Å². The Bertz CT molecular complexity index is 502. The van der Waals surface area contributed by atoms with Gasteiger partial charge in [-0.15, -0.1) is 0 Å². The number of nitrogens with zero attached hydrogens (tertiary/aromatic N) is 1. The highest BCUT2D eigenvalue weighted by Crippen LogP contribution is 2.31. The number of hydrogen-bond acceptors (Lipinski definition) is 3. The second kappa shape index (κ2) is 6.34. The summed E-state index contributed by atoms with van der Waals surface area (Å²) in [5.74, 6) is 0.331. The van der Waals surface area contributed by atoms with Crippen LogP contribution < -0.4 is 5.32 Å². The van der Waals surface area contributed by atoms with Crippen LogP contribution in [-0.4, -0.2) is 17.3 Å². The Labute approximate surface area is 119 Å². The molecule has 1 saturated carbocycles. The molecule has 0 saturated heterocycles. The molecule has 0 radical (unpaired) electrons. The molecular weight excluding hydrogens is 255 g/mol. The average Bonchev–Trinajstić information content (AvgIpc) is 2.48. The van der Waals surface area contributed by atoms with Gasteiger partial charge < -0.3 is 10.4 Å². The van der Waals surface area contributed by atoms with Gasteiger partial charge in [-0.05, 0) is 43.7 Å². The topological polar surface area (TPSA) is 56.0 Å². The van der Waals surface area contributed by atoms with Crippen molar-refractivity contribution in [1.82, 2.24) is 5.32 Å². The molecular formula is C16H21FN2O. The number of aliphatic hydroxyl groups is 1. The molecule has 0 bridgehead atoms. The van der Waals surface area contributed by atoms with Crippen LogP contribution in [0.2, 0.25) is 0 Å². The van der Waals surface area contributed by atoms with Crippen LogP contribution in [0.1, 0.15) is 43.7 Å². The van der Waals surface area contributed by atoms with E-state index >= 15 is 0 Å². The Kier molecular flexibility index (Phi) is 4.74. The zero-order valence-electron chi connectivity index (χ0n) is 11.8. The van der Waals surface area contributed by atoms with E-state index in [0.717, 1.165) is 25.7 Å². The fourth-order valence-electron chi connectivity index (χ4n) is 2.75. The van der Waals surface area contributed by atoms with Gasteiger partial charge in [-0.1, -0.05) is 13.0 Å². The summed E-state index contributed by atoms with van der Waals surface area (Å²) in [7, 11) is 0. The number of aliphatic hydroxyl groups excluding tert-OH is 1. The summed E-state index contributed by atoms with van der Waals surface area (Å²) >= 11 is 0. The van der Waals surface area contributed by atoms with Crippen molar-refractivity contribution in [1.29, 1.82) is 5.26 Å². The van der Waals surface area contributed by atoms with Crippen LogP contribution in [-0.2, 0) is 6.54 Å². The molecule has 0 atom stereocenters. The molecule has 0 spiro atoms. The van der Waals surface area contributed by atoms with Crippen molar-refractivity contribution in [3.63, 3.8) is 0 Å². The van der Waals surface area contributed by atoms with Crippen LogP contribution in [0.4, 0.5) is 4.39 Å². The third-order valence-corrected chi connectivity index (χ3v) is 4.37. The highest BCUT2D eigenvalue weighted by atomic mass is 19.1. The fourth-order valence-corrected chi connectivity index (χ4v) is 2.75. The first-order valence-corrected chi connectivity index (χ1v) is 7.13. The van der Waals surface area contributed by atoms with Crippen molar-refractivity contribution in [2.45, 2.75) is 44.7 Å². The number of benzene rings is 1. The van der Waals surface area contributed by atoms with Gasteiger partial charge in [0, 0.05) is 17.6 Å². The molecule has 1 aromatic rings. The van der Waals surface area contributed by atoms with Crippen LogP contribution in [0.3, 0.4) is 0 Å². The maximum Gasteiger partial charge on any atom is 0.129 e. The van der Waals surface area contributed by atoms with E-state index in [2.05, 4.69) is 12.2 Å². The SMILES string of the molecule is CC1CCC(CO)(NCc2ccc(C#N)cc2F)CC1. The lowest BCUT2D eigenvalue weighted by molar-refractivity contribution is 0.104. The van der Waals surface area contributed by atoms with Crippen LogP contribution >= 0.6 is 0 Å². The van der Waals surface area contributed by atoms with Gasteiger partial charge in [-0.2, -0.15) is 5.26 Å². The maximum atomic E-state index is 13.8. The van der Waals surface area contributed by atoms with E-state index in [9.17, 15) is 9.50 Å². The largest absolute Gasteiger partial charge is 0.394 e. The Morgan fingerprint density at radius 3 is 2.70 bits per heavy atom. The second-order valence-corrected chi connectivity index (χ2v) is 5.89. The molecule has 0 heterocycles. The highest BCUT2D eigenvalue weighted by Gasteiger charge is 2.33. The first kappa shape index (κ1) is 15.0. The molecule has 1 fully saturated rings. The minimum absolute atomic E-state index is 0.0810. The molecule has 0 unspecified atom stereocenters. The normalized spacial score (nSPS) is 26.2. The molecule has 0 aromatic heterocycles. The zero-order chi connectivity index (χ0) is 14.6. The molecule has 20 heavy (non-hydrogen) atoms. The average molecular weight is 276 g/mol. The molecule has 0 amide bonds. The highest BCUT2D eigenvalue weighted by molar-refractivity contribution is 5.32. The van der Waals surface area contributed by atoms with Crippen molar-refractivity contribution >= 4 is 0 Å². The van der Waals surface area contributed by atoms with Gasteiger partial charge in [0.2, 0.25) is 0 Å². The van der Waals surface area contributed by atoms with Crippen LogP contribution in [0.15, 0.2) is 18.2 Å². The van der Waals surface area contributed by atoms with E-state index in [1.807, 2.05) is 6.07 Å². The standard InChI is InChI=1S/C16H21FN2O/c1-12-4-6-16(11-20,7-5-12)19-10-14-3-2-13(9-18)8-15(14)17/h2-3,8,12,19-20H,4-7,10-11H2,1H3. The van der Waals surface area contributed by atoms with Gasteiger partial charge >= 0.3 is 0 Å². The molecule has 0 aliphatic heterocycles. The minimum atomic E-state index is -0.367. The second-order valence-electron chi connectivity index (χ2n) is 5.89. The van der Waals surface area contributed by atoms with Gasteiger partial charge in [0.25, 0.3) is 0 Å². The predicted octanol–water partition coefficient (Wildman–Crippen LogP) is 2.73. The predicted molar refractivity (Wildman–Crippen MR) is 75.4 cm³/mol. The molecule has 1 aliphatic carbocycles. The lowest BCUT2D eigenvalue weighted by atomic mass is 9.77. The molecule has 4 heteroatoms. The first-order chi connectivity index (χ1) is 9.58. The Morgan fingerprint density at radius 2 is 2.15 bits per heavy atom. The number of halogens is 1. The van der Waals surface area contributed by atoms with Crippen molar-refractivity contribution in [3.8, 4) is 6.07 Å². The summed E-state index contributed by atoms with van der Waals surface area (Å²) in [6.45, 7) is 2.69. The Hall–Kier alpha value is -1.44. The van der Waals surface area contributed by atoms with E-state index in [0.29, 0.717) is 23.6 Å². The van der Waals surface area contributed by atoms with Crippen LogP contribution in [0.5, 0.6) is 0 Å². The summed E-state index contributed by atoms with van der Waals surface area (Å²) in [6, 6.07) is 6.44. The number of rotatable bonds is 4. The summed E-state index contributed by atoms with van der Waals surface area (Å²) in [6.07, 6.45) is 4.01. The summed E-state index contributed by atoms with van der Waals surface area (Å²) < 4.78 is 13.8. The van der Waals surface area contributed by atoms with Crippen molar-refractivity contribution in [3.05, 3.63) is 35.1 Å². The fraction of sp³-hybridized carbons (Fsp3) is 0.562. The summed E-state index contributed by atoms with van der Waals surface area (Å²) in [4.78, 5) is 0. The molecule has 2 rings (SSSR count). The maximum absolute atomic E-state index is 13.8. The van der Waals surface area contributed by atoms with Gasteiger partial charge in [0.05, 0.1) is 18.2 Å². The summed E-state index contributed by atoms with van der Waals surface area (Å²) in [5.41, 5.74) is 0.581. The third-order valence-electron chi connectivity index (χ3n) is 4.37. The van der Waals surface area contributed by atoms with Crippen LogP contribution in [0, 0.1) is 23.1 Å². The van der Waals surface area contributed by atoms with E-state index in [1.165, 1.54) is 6.07 Å². The van der Waals surface area contributed by atoms with Gasteiger partial charge in [-0.3, -0.25) is 0 Å². The molecule has 3 nitrogen and oxygen atoms in total. The quantitative estimate of drug-likeness (QED) is 0.889. The van der Waals surface area contributed by atoms with Crippen molar-refractivity contribution in [2.75, 3.05) is 6.61 Å². The lowest BCUT2D eigenvalue weighted by Gasteiger charge is -2.39. The van der Waals surface area contributed by atoms with E-state index in [1.54, 1.807) is 12.1 Å². The number of nitrogens with one attached hydrogen (secondary N) is 1. The minimum Gasteiger partial charge on any atom is -0.394 e. The smallest absolute Gasteiger partial charge is 0.129 e. The Morgan fingerprint density at radius 1 is 1.45 bits per heavy atom. The van der Waals surface area contributed by atoms with Crippen molar-refractivity contribution < 1.29 is 9.50 Å². The van der Waals surface area contributed by atoms with E-state index in [-0.39, 0.29) is 18.0 Å². The lowest BCUT2D eigenvalue weighted by Crippen LogP contribution is -2.50. The molecule has 1 aromatic carbocycles. The molecule has 1 aliphatic rings. The number of nitriles is 1. The first-order valence-electron chi connectivity index (χ1n) is 7.13. The Balaban J connectivity index is 2.02. The summed E-state index contributed by atoms with van der Waals surface area (Å²) in [5, 5.41) is 21.7. The van der Waals surface area contributed by atoms with E-state index in [4.69, 9.17) is 5.26 Å². The number of hydrogen-bond donors (Lipinski definition) is 2. The molecule has 108 valence electrons. The zero-order valence-corrected chi connectivity index (χ0v) is 11.8. The van der Waals surface area contributed by atoms with Crippen LogP contribution in [0.25, 0.3) is 0 Å². The van der Waals surface area contributed by atoms with Gasteiger partial charge in [-0.25, -0.2) is 4.39 Å². The van der Waals surface area contributed by atoms with E-state index < -0.39 is 0 Å².